The van der Waals surface area contributed by atoms with Gasteiger partial charge in [-0.3, -0.25) is 9.59 Å². The Morgan fingerprint density at radius 2 is 0.761 bits per heavy atom. The maximum atomic E-state index is 12.9. The lowest BCUT2D eigenvalue weighted by atomic mass is 10.0. The molecule has 0 fully saturated rings. The Morgan fingerprint density at radius 3 is 1.14 bits per heavy atom. The van der Waals surface area contributed by atoms with Crippen LogP contribution >= 0.6 is 0 Å². The molecule has 0 aliphatic heterocycles. The van der Waals surface area contributed by atoms with Crippen LogP contribution in [0.1, 0.15) is 219 Å². The first-order valence-electron chi connectivity index (χ1n) is 28.4. The average Bonchev–Trinajstić information content (AvgIpc) is 3.34. The Labute approximate surface area is 435 Å². The van der Waals surface area contributed by atoms with Crippen molar-refractivity contribution in [1.82, 2.24) is 0 Å². The van der Waals surface area contributed by atoms with Gasteiger partial charge in [0.1, 0.15) is 13.2 Å². The minimum atomic E-state index is -1.52. The van der Waals surface area contributed by atoms with Crippen LogP contribution in [0.5, 0.6) is 0 Å². The predicted octanol–water partition coefficient (Wildman–Crippen LogP) is 16.6. The van der Waals surface area contributed by atoms with Gasteiger partial charge in [0.05, 0.1) is 34.4 Å². The van der Waals surface area contributed by atoms with Crippen LogP contribution in [-0.4, -0.2) is 87.4 Å². The van der Waals surface area contributed by atoms with E-state index in [0.29, 0.717) is 23.9 Å². The van der Waals surface area contributed by atoms with E-state index in [4.69, 9.17) is 18.9 Å². The Balaban J connectivity index is 4.13. The molecule has 2 unspecified atom stereocenters. The van der Waals surface area contributed by atoms with Crippen molar-refractivity contribution in [2.24, 2.45) is 0 Å². The zero-order valence-corrected chi connectivity index (χ0v) is 46.1. The van der Waals surface area contributed by atoms with Gasteiger partial charge in [-0.25, -0.2) is 4.79 Å². The van der Waals surface area contributed by atoms with Crippen LogP contribution in [0.15, 0.2) is 97.2 Å². The number of quaternary nitrogens is 1. The van der Waals surface area contributed by atoms with Crippen molar-refractivity contribution in [1.29, 1.82) is 0 Å². The zero-order chi connectivity index (χ0) is 52.0. The highest BCUT2D eigenvalue weighted by molar-refractivity contribution is 5.71. The lowest BCUT2D eigenvalue weighted by Gasteiger charge is -2.25. The topological polar surface area (TPSA) is 108 Å². The minimum Gasteiger partial charge on any atom is -0.477 e. The minimum absolute atomic E-state index is 0.180. The fourth-order valence-corrected chi connectivity index (χ4v) is 7.52. The predicted molar refractivity (Wildman–Crippen MR) is 299 cm³/mol. The Morgan fingerprint density at radius 1 is 0.423 bits per heavy atom. The number of unbranched alkanes of at least 4 members (excludes halogenated alkanes) is 20. The fourth-order valence-electron chi connectivity index (χ4n) is 7.52. The normalized spacial score (nSPS) is 13.5. The van der Waals surface area contributed by atoms with Gasteiger partial charge in [0, 0.05) is 12.8 Å². The lowest BCUT2D eigenvalue weighted by Crippen LogP contribution is -2.40. The van der Waals surface area contributed by atoms with E-state index in [1.807, 2.05) is 21.1 Å². The molecule has 0 aliphatic rings. The van der Waals surface area contributed by atoms with E-state index in [-0.39, 0.29) is 38.6 Å². The van der Waals surface area contributed by atoms with Crippen molar-refractivity contribution in [3.63, 3.8) is 0 Å². The van der Waals surface area contributed by atoms with Crippen molar-refractivity contribution in [3.05, 3.63) is 97.2 Å². The van der Waals surface area contributed by atoms with Crippen molar-refractivity contribution in [3.8, 4) is 0 Å². The van der Waals surface area contributed by atoms with Gasteiger partial charge in [0.15, 0.2) is 6.10 Å². The van der Waals surface area contributed by atoms with Crippen LogP contribution in [0, 0.1) is 0 Å². The molecule has 9 heteroatoms. The van der Waals surface area contributed by atoms with Crippen molar-refractivity contribution < 1.29 is 42.9 Å². The number of carbonyl (C=O) groups excluding carboxylic acids is 2. The van der Waals surface area contributed by atoms with Crippen LogP contribution in [0.25, 0.3) is 0 Å². The third kappa shape index (κ3) is 53.8. The highest BCUT2D eigenvalue weighted by Gasteiger charge is 2.25. The largest absolute Gasteiger partial charge is 0.477 e. The third-order valence-corrected chi connectivity index (χ3v) is 11.8. The summed E-state index contributed by atoms with van der Waals surface area (Å²) in [5.41, 5.74) is 0. The number of ether oxygens (including phenoxy) is 4. The molecule has 2 atom stereocenters. The van der Waals surface area contributed by atoms with Gasteiger partial charge in [0.2, 0.25) is 0 Å². The molecule has 0 aromatic heterocycles. The number of nitrogens with zero attached hydrogens (tertiary/aromatic N) is 1. The van der Waals surface area contributed by atoms with Gasteiger partial charge < -0.3 is 28.5 Å². The Kier molecular flexibility index (Phi) is 49.7. The molecule has 1 N–H and O–H groups in total. The van der Waals surface area contributed by atoms with E-state index in [1.54, 1.807) is 0 Å². The molecule has 0 saturated heterocycles. The molecule has 0 amide bonds. The molecular formula is C62H106NO8+. The smallest absolute Gasteiger partial charge is 0.361 e. The summed E-state index contributed by atoms with van der Waals surface area (Å²) in [6, 6.07) is 0. The maximum absolute atomic E-state index is 12.9. The van der Waals surface area contributed by atoms with Crippen LogP contribution in [0.3, 0.4) is 0 Å². The lowest BCUT2D eigenvalue weighted by molar-refractivity contribution is -0.870. The quantitative estimate of drug-likeness (QED) is 0.0211. The van der Waals surface area contributed by atoms with Gasteiger partial charge in [-0.05, 0) is 89.9 Å². The second-order valence-electron chi connectivity index (χ2n) is 19.8. The van der Waals surface area contributed by atoms with Crippen LogP contribution < -0.4 is 0 Å². The third-order valence-electron chi connectivity index (χ3n) is 11.8. The van der Waals surface area contributed by atoms with E-state index in [1.165, 1.54) is 96.3 Å². The first-order chi connectivity index (χ1) is 34.6. The number of hydrogen-bond donors (Lipinski definition) is 1. The zero-order valence-electron chi connectivity index (χ0n) is 46.1. The number of rotatable bonds is 51. The molecule has 0 aromatic rings. The number of carbonyl (C=O) groups is 3. The molecule has 0 aromatic carbocycles. The molecule has 0 saturated carbocycles. The number of likely N-dealkylation sites (N-methyl/N-ethyl adjacent to an activating group) is 1. The van der Waals surface area contributed by atoms with Crippen LogP contribution in [0.4, 0.5) is 0 Å². The summed E-state index contributed by atoms with van der Waals surface area (Å²) in [6.45, 7) is 4.61. The van der Waals surface area contributed by atoms with Crippen molar-refractivity contribution in [2.75, 3.05) is 47.5 Å². The first-order valence-corrected chi connectivity index (χ1v) is 28.4. The van der Waals surface area contributed by atoms with Gasteiger partial charge in [0.25, 0.3) is 6.29 Å². The molecule has 9 nitrogen and oxygen atoms in total. The molecular weight excluding hydrogens is 887 g/mol. The Bertz CT molecular complexity index is 1480. The molecule has 0 spiro atoms. The van der Waals surface area contributed by atoms with Gasteiger partial charge >= 0.3 is 17.9 Å². The second kappa shape index (κ2) is 52.5. The summed E-state index contributed by atoms with van der Waals surface area (Å²) in [4.78, 5) is 37.3. The van der Waals surface area contributed by atoms with E-state index < -0.39 is 24.3 Å². The summed E-state index contributed by atoms with van der Waals surface area (Å²) in [7, 11) is 5.95. The number of carboxylic acid groups (broad SMARTS) is 1. The van der Waals surface area contributed by atoms with E-state index >= 15 is 0 Å². The number of carboxylic acids is 1. The van der Waals surface area contributed by atoms with Crippen molar-refractivity contribution >= 4 is 17.9 Å². The molecule has 406 valence electrons. The molecule has 71 heavy (non-hydrogen) atoms. The van der Waals surface area contributed by atoms with Gasteiger partial charge in [-0.1, -0.05) is 214 Å². The summed E-state index contributed by atoms with van der Waals surface area (Å²) < 4.78 is 22.8. The number of esters is 2. The van der Waals surface area contributed by atoms with Crippen LogP contribution in [0.2, 0.25) is 0 Å². The summed E-state index contributed by atoms with van der Waals surface area (Å²) >= 11 is 0. The highest BCUT2D eigenvalue weighted by Crippen LogP contribution is 2.16. The summed E-state index contributed by atoms with van der Waals surface area (Å²) in [5, 5.41) is 9.68. The monoisotopic (exact) mass is 993 g/mol. The SMILES string of the molecule is CC/C=C\C/C=C\C/C=C\C/C=C\C/C=C\CCCCCCCCCCCCCCCCCCCC(=O)OC(COC(=O)CCCCC/C=C\C/C=C\C/C=C\CC)COC(OCC[N+](C)(C)C)C(=O)O. The molecule has 0 aliphatic carbocycles. The number of allylic oxidation sites excluding steroid dienone is 16. The molecule has 0 rings (SSSR count). The number of hydrogen-bond acceptors (Lipinski definition) is 7. The van der Waals surface area contributed by atoms with Gasteiger partial charge in [-0.15, -0.1) is 0 Å². The Hall–Kier alpha value is -3.79. The highest BCUT2D eigenvalue weighted by atomic mass is 16.7. The number of aliphatic carboxylic acids is 1. The summed E-state index contributed by atoms with van der Waals surface area (Å²) in [6.07, 6.45) is 67.9. The van der Waals surface area contributed by atoms with Crippen molar-refractivity contribution in [2.45, 2.75) is 232 Å². The maximum Gasteiger partial charge on any atom is 0.361 e. The fraction of sp³-hybridized carbons (Fsp3) is 0.694. The summed E-state index contributed by atoms with van der Waals surface area (Å²) in [5.74, 6) is -2.05. The average molecular weight is 994 g/mol. The van der Waals surface area contributed by atoms with E-state index in [9.17, 15) is 19.5 Å². The second-order valence-corrected chi connectivity index (χ2v) is 19.8. The van der Waals surface area contributed by atoms with Gasteiger partial charge in [-0.2, -0.15) is 0 Å². The van der Waals surface area contributed by atoms with E-state index in [0.717, 1.165) is 83.5 Å². The molecule has 0 radical (unpaired) electrons. The standard InChI is InChI=1S/C62H105NO8/c1-6-8-10-12-14-16-18-20-21-22-23-24-25-26-27-28-29-30-31-32-33-34-35-36-37-38-39-41-43-45-47-49-51-53-60(65)71-58(57-70-62(61(66)67)68-55-54-63(3,4)5)56-69-59(64)52-50-48-46-44-42-40-19-17-15-13-11-9-7-2/h8-11,14-17,20-21,23-24,26-27,40,42,58,62H,6-7,12-13,18-19,22,25,28-39,41,43-57H2,1-5H3/p+1/b10-8-,11-9-,16-14-,17-15-,21-20-,24-23-,27-26-,42-40-. The molecule has 0 heterocycles. The van der Waals surface area contributed by atoms with E-state index in [2.05, 4.69) is 111 Å². The molecule has 0 bridgehead atoms. The van der Waals surface area contributed by atoms with Crippen LogP contribution in [-0.2, 0) is 33.3 Å². The first kappa shape index (κ1) is 67.2.